The highest BCUT2D eigenvalue weighted by Gasteiger charge is 2.18. The van der Waals surface area contributed by atoms with Crippen LogP contribution in [0.3, 0.4) is 0 Å². The highest BCUT2D eigenvalue weighted by atomic mass is 79.9. The summed E-state index contributed by atoms with van der Waals surface area (Å²) in [6.07, 6.45) is 0. The number of halogens is 3. The Hall–Kier alpha value is -0.840. The standard InChI is InChI=1S/C8H7BrF2O2/c1-12-5-3-4(9)6(10)7(11)8(5)13-2/h3H,1-2H3. The van der Waals surface area contributed by atoms with Gasteiger partial charge in [-0.1, -0.05) is 0 Å². The van der Waals surface area contributed by atoms with Crippen molar-refractivity contribution >= 4 is 15.9 Å². The van der Waals surface area contributed by atoms with Gasteiger partial charge in [-0.05, 0) is 15.9 Å². The molecule has 0 saturated carbocycles. The summed E-state index contributed by atoms with van der Waals surface area (Å²) in [5.74, 6) is -2.14. The summed E-state index contributed by atoms with van der Waals surface area (Å²) >= 11 is 2.85. The van der Waals surface area contributed by atoms with Crippen molar-refractivity contribution in [1.29, 1.82) is 0 Å². The highest BCUT2D eigenvalue weighted by Crippen LogP contribution is 2.35. The molecule has 72 valence electrons. The maximum Gasteiger partial charge on any atom is 0.205 e. The molecule has 2 nitrogen and oxygen atoms in total. The molecule has 1 aromatic rings. The molecular weight excluding hydrogens is 246 g/mol. The summed E-state index contributed by atoms with van der Waals surface area (Å²) in [4.78, 5) is 0. The van der Waals surface area contributed by atoms with E-state index in [0.717, 1.165) is 0 Å². The fourth-order valence-corrected chi connectivity index (χ4v) is 1.28. The molecule has 0 atom stereocenters. The van der Waals surface area contributed by atoms with E-state index < -0.39 is 11.6 Å². The van der Waals surface area contributed by atoms with E-state index in [1.807, 2.05) is 0 Å². The molecule has 0 bridgehead atoms. The van der Waals surface area contributed by atoms with E-state index in [2.05, 4.69) is 20.7 Å². The van der Waals surface area contributed by atoms with Gasteiger partial charge in [-0.15, -0.1) is 0 Å². The zero-order valence-electron chi connectivity index (χ0n) is 7.03. The Morgan fingerprint density at radius 3 is 2.23 bits per heavy atom. The highest BCUT2D eigenvalue weighted by molar-refractivity contribution is 9.10. The van der Waals surface area contributed by atoms with Crippen LogP contribution in [0, 0.1) is 11.6 Å². The lowest BCUT2D eigenvalue weighted by Crippen LogP contribution is -1.97. The van der Waals surface area contributed by atoms with Crippen molar-refractivity contribution in [3.63, 3.8) is 0 Å². The molecule has 13 heavy (non-hydrogen) atoms. The second-order valence-electron chi connectivity index (χ2n) is 2.22. The molecule has 0 aromatic heterocycles. The van der Waals surface area contributed by atoms with Crippen LogP contribution in [-0.4, -0.2) is 14.2 Å². The summed E-state index contributed by atoms with van der Waals surface area (Å²) < 4.78 is 35.5. The first-order chi connectivity index (χ1) is 6.11. The molecule has 0 aliphatic heterocycles. The summed E-state index contributed by atoms with van der Waals surface area (Å²) in [5, 5.41) is 0. The third-order valence-electron chi connectivity index (χ3n) is 1.51. The predicted octanol–water partition coefficient (Wildman–Crippen LogP) is 2.74. The Kier molecular flexibility index (Phi) is 3.08. The number of benzene rings is 1. The lowest BCUT2D eigenvalue weighted by atomic mass is 10.3. The second kappa shape index (κ2) is 3.91. The summed E-state index contributed by atoms with van der Waals surface area (Å²) in [7, 11) is 2.59. The number of rotatable bonds is 2. The first-order valence-electron chi connectivity index (χ1n) is 3.37. The van der Waals surface area contributed by atoms with Crippen LogP contribution in [0.25, 0.3) is 0 Å². The Labute approximate surface area is 82.6 Å². The molecule has 0 unspecified atom stereocenters. The number of hydrogen-bond donors (Lipinski definition) is 0. The average molecular weight is 253 g/mol. The van der Waals surface area contributed by atoms with Gasteiger partial charge in [0.25, 0.3) is 0 Å². The van der Waals surface area contributed by atoms with Crippen molar-refractivity contribution in [2.45, 2.75) is 0 Å². The van der Waals surface area contributed by atoms with Crippen LogP contribution in [0.4, 0.5) is 8.78 Å². The molecular formula is C8H7BrF2O2. The molecule has 0 aliphatic rings. The molecule has 1 aromatic carbocycles. The zero-order valence-corrected chi connectivity index (χ0v) is 8.61. The lowest BCUT2D eigenvalue weighted by molar-refractivity contribution is 0.327. The van der Waals surface area contributed by atoms with Gasteiger partial charge in [-0.25, -0.2) is 4.39 Å². The van der Waals surface area contributed by atoms with Crippen LogP contribution < -0.4 is 9.47 Å². The Morgan fingerprint density at radius 1 is 1.15 bits per heavy atom. The van der Waals surface area contributed by atoms with Crippen LogP contribution >= 0.6 is 15.9 Å². The fourth-order valence-electron chi connectivity index (χ4n) is 0.899. The maximum atomic E-state index is 13.1. The van der Waals surface area contributed by atoms with Crippen LogP contribution in [0.15, 0.2) is 10.5 Å². The van der Waals surface area contributed by atoms with Crippen molar-refractivity contribution in [2.24, 2.45) is 0 Å². The molecule has 0 aliphatic carbocycles. The zero-order chi connectivity index (χ0) is 10.0. The van der Waals surface area contributed by atoms with Crippen molar-refractivity contribution in [3.8, 4) is 11.5 Å². The molecule has 0 heterocycles. The van der Waals surface area contributed by atoms with Crippen molar-refractivity contribution in [3.05, 3.63) is 22.2 Å². The van der Waals surface area contributed by atoms with Crippen molar-refractivity contribution < 1.29 is 18.3 Å². The predicted molar refractivity (Wildman–Crippen MR) is 47.2 cm³/mol. The first-order valence-corrected chi connectivity index (χ1v) is 4.16. The Morgan fingerprint density at radius 2 is 1.77 bits per heavy atom. The largest absolute Gasteiger partial charge is 0.493 e. The van der Waals surface area contributed by atoms with Gasteiger partial charge in [0, 0.05) is 6.07 Å². The molecule has 0 radical (unpaired) electrons. The van der Waals surface area contributed by atoms with Crippen molar-refractivity contribution in [1.82, 2.24) is 0 Å². The van der Waals surface area contributed by atoms with E-state index >= 15 is 0 Å². The van der Waals surface area contributed by atoms with E-state index in [-0.39, 0.29) is 16.0 Å². The summed E-state index contributed by atoms with van der Waals surface area (Å²) in [5.41, 5.74) is 0. The lowest BCUT2D eigenvalue weighted by Gasteiger charge is -2.09. The van der Waals surface area contributed by atoms with Gasteiger partial charge in [-0.2, -0.15) is 4.39 Å². The molecule has 0 N–H and O–H groups in total. The third-order valence-corrected chi connectivity index (χ3v) is 2.08. The van der Waals surface area contributed by atoms with Crippen molar-refractivity contribution in [2.75, 3.05) is 14.2 Å². The monoisotopic (exact) mass is 252 g/mol. The van der Waals surface area contributed by atoms with Crippen LogP contribution in [0.1, 0.15) is 0 Å². The van der Waals surface area contributed by atoms with Gasteiger partial charge in [-0.3, -0.25) is 0 Å². The summed E-state index contributed by atoms with van der Waals surface area (Å²) in [6.45, 7) is 0. The average Bonchev–Trinajstić information content (AvgIpc) is 2.13. The van der Waals surface area contributed by atoms with E-state index in [1.54, 1.807) is 0 Å². The van der Waals surface area contributed by atoms with Crippen LogP contribution in [0.2, 0.25) is 0 Å². The molecule has 1 rings (SSSR count). The normalized spacial score (nSPS) is 9.92. The van der Waals surface area contributed by atoms with E-state index in [0.29, 0.717) is 0 Å². The number of methoxy groups -OCH3 is 2. The minimum absolute atomic E-state index is 0.00245. The van der Waals surface area contributed by atoms with Gasteiger partial charge in [0.1, 0.15) is 0 Å². The van der Waals surface area contributed by atoms with Crippen LogP contribution in [0.5, 0.6) is 11.5 Å². The smallest absolute Gasteiger partial charge is 0.205 e. The van der Waals surface area contributed by atoms with Gasteiger partial charge in [0.2, 0.25) is 5.82 Å². The van der Waals surface area contributed by atoms with Gasteiger partial charge in [0.15, 0.2) is 17.3 Å². The quantitative estimate of drug-likeness (QED) is 0.754. The molecule has 5 heteroatoms. The minimum Gasteiger partial charge on any atom is -0.493 e. The molecule has 0 spiro atoms. The topological polar surface area (TPSA) is 18.5 Å². The van der Waals surface area contributed by atoms with Gasteiger partial charge in [0.05, 0.1) is 18.7 Å². The Bertz CT molecular complexity index is 328. The molecule has 0 fully saturated rings. The number of ether oxygens (including phenoxy) is 2. The number of hydrogen-bond acceptors (Lipinski definition) is 2. The SMILES string of the molecule is COc1cc(Br)c(F)c(F)c1OC. The third kappa shape index (κ3) is 1.75. The first kappa shape index (κ1) is 10.2. The molecule has 0 amide bonds. The summed E-state index contributed by atoms with van der Waals surface area (Å²) in [6, 6.07) is 1.30. The second-order valence-corrected chi connectivity index (χ2v) is 3.08. The van der Waals surface area contributed by atoms with Gasteiger partial charge < -0.3 is 9.47 Å². The maximum absolute atomic E-state index is 13.1. The minimum atomic E-state index is -1.06. The Balaban J connectivity index is 3.39. The molecule has 0 saturated heterocycles. The van der Waals surface area contributed by atoms with Crippen LogP contribution in [-0.2, 0) is 0 Å². The van der Waals surface area contributed by atoms with E-state index in [4.69, 9.17) is 4.74 Å². The van der Waals surface area contributed by atoms with Gasteiger partial charge >= 0.3 is 0 Å². The van der Waals surface area contributed by atoms with E-state index in [1.165, 1.54) is 20.3 Å². The fraction of sp³-hybridized carbons (Fsp3) is 0.250. The van der Waals surface area contributed by atoms with E-state index in [9.17, 15) is 8.78 Å².